The Morgan fingerprint density at radius 2 is 1.94 bits per heavy atom. The summed E-state index contributed by atoms with van der Waals surface area (Å²) >= 11 is 1.36. The molecule has 1 aliphatic rings. The lowest BCUT2D eigenvalue weighted by molar-refractivity contribution is -0.116. The van der Waals surface area contributed by atoms with Gasteiger partial charge in [0.1, 0.15) is 10.8 Å². The number of carbonyl (C=O) groups is 2. The molecule has 0 unspecified atom stereocenters. The van der Waals surface area contributed by atoms with E-state index in [-0.39, 0.29) is 48.4 Å². The molecule has 3 rings (SSSR count). The molecule has 0 bridgehead atoms. The first kappa shape index (κ1) is 26.2. The van der Waals surface area contributed by atoms with Gasteiger partial charge in [0.05, 0.1) is 22.8 Å². The van der Waals surface area contributed by atoms with Crippen molar-refractivity contribution in [1.29, 1.82) is 0 Å². The molecular formula is C21H26ClFN2O5S2. The van der Waals surface area contributed by atoms with Crippen molar-refractivity contribution in [3.8, 4) is 0 Å². The van der Waals surface area contributed by atoms with Crippen LogP contribution < -0.4 is 5.32 Å². The molecule has 32 heavy (non-hydrogen) atoms. The number of anilines is 1. The van der Waals surface area contributed by atoms with Crippen LogP contribution >= 0.6 is 23.7 Å². The van der Waals surface area contributed by atoms with Gasteiger partial charge in [-0.1, -0.05) is 0 Å². The third-order valence-corrected chi connectivity index (χ3v) is 7.92. The number of sulfone groups is 1. The molecular weight excluding hydrogens is 479 g/mol. The van der Waals surface area contributed by atoms with E-state index < -0.39 is 21.6 Å². The van der Waals surface area contributed by atoms with Crippen LogP contribution in [-0.2, 0) is 32.3 Å². The van der Waals surface area contributed by atoms with Crippen LogP contribution in [0.4, 0.5) is 9.39 Å². The van der Waals surface area contributed by atoms with Crippen LogP contribution in [0, 0.1) is 5.82 Å². The Hall–Kier alpha value is -2.01. The molecule has 1 N–H and O–H groups in total. The highest BCUT2D eigenvalue weighted by Gasteiger charge is 2.28. The Morgan fingerprint density at radius 1 is 1.25 bits per heavy atom. The minimum Gasteiger partial charge on any atom is -0.462 e. The highest BCUT2D eigenvalue weighted by atomic mass is 35.5. The third kappa shape index (κ3) is 6.28. The fourth-order valence-electron chi connectivity index (χ4n) is 3.41. The third-order valence-electron chi connectivity index (χ3n) is 4.97. The van der Waals surface area contributed by atoms with Crippen LogP contribution in [0.25, 0.3) is 0 Å². The largest absolute Gasteiger partial charge is 0.462 e. The molecule has 0 spiro atoms. The highest BCUT2D eigenvalue weighted by molar-refractivity contribution is 7.91. The fourth-order valence-corrected chi connectivity index (χ4v) is 6.05. The standard InChI is InChI=1S/C21H25FN2O5S2.ClH/c1-3-29-21(26)19-16-10-11-24(2)13-17(16)30-20(19)23-18(25)5-4-12-31(27,28)15-8-6-14(22)7-9-15;/h6-9H,3-5,10-13H2,1-2H3,(H,23,25);1H. The molecule has 0 saturated carbocycles. The number of hydrogen-bond donors (Lipinski definition) is 1. The van der Waals surface area contributed by atoms with E-state index in [4.69, 9.17) is 4.74 Å². The van der Waals surface area contributed by atoms with Crippen molar-refractivity contribution in [3.05, 3.63) is 46.1 Å². The zero-order valence-electron chi connectivity index (χ0n) is 17.9. The molecule has 1 aliphatic heterocycles. The molecule has 0 fully saturated rings. The molecule has 11 heteroatoms. The van der Waals surface area contributed by atoms with E-state index in [9.17, 15) is 22.4 Å². The number of fused-ring (bicyclic) bond motifs is 1. The van der Waals surface area contributed by atoms with Crippen molar-refractivity contribution in [3.63, 3.8) is 0 Å². The maximum atomic E-state index is 13.0. The molecule has 0 saturated heterocycles. The summed E-state index contributed by atoms with van der Waals surface area (Å²) in [7, 11) is -1.61. The van der Waals surface area contributed by atoms with Crippen LogP contribution in [0.2, 0.25) is 0 Å². The second-order valence-corrected chi connectivity index (χ2v) is 10.6. The van der Waals surface area contributed by atoms with E-state index in [2.05, 4.69) is 10.2 Å². The molecule has 7 nitrogen and oxygen atoms in total. The zero-order valence-corrected chi connectivity index (χ0v) is 20.3. The van der Waals surface area contributed by atoms with Crippen LogP contribution in [0.15, 0.2) is 29.2 Å². The van der Waals surface area contributed by atoms with Gasteiger partial charge in [-0.15, -0.1) is 23.7 Å². The van der Waals surface area contributed by atoms with Crippen molar-refractivity contribution < 1.29 is 27.1 Å². The summed E-state index contributed by atoms with van der Waals surface area (Å²) in [6, 6.07) is 4.60. The van der Waals surface area contributed by atoms with E-state index in [1.54, 1.807) is 6.92 Å². The lowest BCUT2D eigenvalue weighted by Gasteiger charge is -2.22. The van der Waals surface area contributed by atoms with Gasteiger partial charge in [0.2, 0.25) is 5.91 Å². The van der Waals surface area contributed by atoms with Crippen LogP contribution in [0.5, 0.6) is 0 Å². The number of hydrogen-bond acceptors (Lipinski definition) is 7. The summed E-state index contributed by atoms with van der Waals surface area (Å²) in [5.41, 5.74) is 1.32. The number of halogens is 2. The lowest BCUT2D eigenvalue weighted by atomic mass is 10.0. The number of carbonyl (C=O) groups excluding carboxylic acids is 2. The molecule has 0 radical (unpaired) electrons. The number of nitrogens with zero attached hydrogens (tertiary/aromatic N) is 1. The van der Waals surface area contributed by atoms with Gasteiger partial charge in [0.15, 0.2) is 9.84 Å². The summed E-state index contributed by atoms with van der Waals surface area (Å²) < 4.78 is 42.9. The van der Waals surface area contributed by atoms with Gasteiger partial charge in [-0.3, -0.25) is 4.79 Å². The number of benzene rings is 1. The Kier molecular flexibility index (Phi) is 9.20. The van der Waals surface area contributed by atoms with Crippen molar-refractivity contribution in [2.75, 3.05) is 31.3 Å². The van der Waals surface area contributed by atoms with E-state index in [0.717, 1.165) is 29.1 Å². The number of esters is 1. The Balaban J connectivity index is 0.00000363. The second-order valence-electron chi connectivity index (χ2n) is 7.34. The number of thiophene rings is 1. The van der Waals surface area contributed by atoms with E-state index in [1.165, 1.54) is 23.5 Å². The normalized spacial score (nSPS) is 13.7. The SMILES string of the molecule is CCOC(=O)c1c(NC(=O)CCCS(=O)(=O)c2ccc(F)cc2)sc2c1CCN(C)C2.Cl. The van der Waals surface area contributed by atoms with Crippen molar-refractivity contribution in [2.45, 2.75) is 37.6 Å². The first-order chi connectivity index (χ1) is 14.7. The lowest BCUT2D eigenvalue weighted by Crippen LogP contribution is -2.26. The molecule has 1 aromatic heterocycles. The second kappa shape index (κ2) is 11.2. The fraction of sp³-hybridized carbons (Fsp3) is 0.429. The number of nitrogens with one attached hydrogen (secondary N) is 1. The smallest absolute Gasteiger partial charge is 0.341 e. The summed E-state index contributed by atoms with van der Waals surface area (Å²) in [4.78, 5) is 28.2. The minimum atomic E-state index is -3.61. The highest BCUT2D eigenvalue weighted by Crippen LogP contribution is 2.37. The van der Waals surface area contributed by atoms with Crippen molar-refractivity contribution >= 4 is 50.5 Å². The topological polar surface area (TPSA) is 92.8 Å². The monoisotopic (exact) mass is 504 g/mol. The maximum absolute atomic E-state index is 13.0. The van der Waals surface area contributed by atoms with Crippen LogP contribution in [-0.4, -0.2) is 51.1 Å². The summed E-state index contributed by atoms with van der Waals surface area (Å²) in [6.45, 7) is 3.46. The minimum absolute atomic E-state index is 0. The van der Waals surface area contributed by atoms with Crippen LogP contribution in [0.3, 0.4) is 0 Å². The van der Waals surface area contributed by atoms with Gasteiger partial charge >= 0.3 is 5.97 Å². The molecule has 0 atom stereocenters. The van der Waals surface area contributed by atoms with E-state index >= 15 is 0 Å². The predicted molar refractivity (Wildman–Crippen MR) is 124 cm³/mol. The summed E-state index contributed by atoms with van der Waals surface area (Å²) in [6.07, 6.45) is 0.779. The maximum Gasteiger partial charge on any atom is 0.341 e. The van der Waals surface area contributed by atoms with Gasteiger partial charge in [-0.2, -0.15) is 0 Å². The van der Waals surface area contributed by atoms with Gasteiger partial charge in [0, 0.05) is 24.4 Å². The molecule has 1 amide bonds. The van der Waals surface area contributed by atoms with E-state index in [0.29, 0.717) is 23.5 Å². The first-order valence-electron chi connectivity index (χ1n) is 9.99. The molecule has 2 heterocycles. The van der Waals surface area contributed by atoms with Crippen LogP contribution in [0.1, 0.15) is 40.6 Å². The van der Waals surface area contributed by atoms with Gasteiger partial charge < -0.3 is 15.0 Å². The quantitative estimate of drug-likeness (QED) is 0.435. The average Bonchev–Trinajstić information content (AvgIpc) is 3.05. The number of likely N-dealkylation sites (N-methyl/N-ethyl adjacent to an activating group) is 1. The summed E-state index contributed by atoms with van der Waals surface area (Å²) in [5.74, 6) is -1.58. The molecule has 2 aromatic rings. The number of ether oxygens (including phenoxy) is 1. The number of rotatable bonds is 8. The predicted octanol–water partition coefficient (Wildman–Crippen LogP) is 3.67. The van der Waals surface area contributed by atoms with Crippen molar-refractivity contribution in [1.82, 2.24) is 4.90 Å². The summed E-state index contributed by atoms with van der Waals surface area (Å²) in [5, 5.41) is 3.22. The molecule has 176 valence electrons. The van der Waals surface area contributed by atoms with Gasteiger partial charge in [-0.05, 0) is 56.6 Å². The van der Waals surface area contributed by atoms with Gasteiger partial charge in [-0.25, -0.2) is 17.6 Å². The van der Waals surface area contributed by atoms with Gasteiger partial charge in [0.25, 0.3) is 0 Å². The molecule has 0 aliphatic carbocycles. The average molecular weight is 505 g/mol. The Morgan fingerprint density at radius 3 is 2.59 bits per heavy atom. The molecule has 1 aromatic carbocycles. The van der Waals surface area contributed by atoms with E-state index in [1.807, 2.05) is 7.05 Å². The Labute approximate surface area is 197 Å². The Bertz CT molecular complexity index is 1070. The zero-order chi connectivity index (χ0) is 22.6. The van der Waals surface area contributed by atoms with Crippen molar-refractivity contribution in [2.24, 2.45) is 0 Å². The first-order valence-corrected chi connectivity index (χ1v) is 12.5. The number of amides is 1.